The van der Waals surface area contributed by atoms with Gasteiger partial charge in [0.1, 0.15) is 6.10 Å². The highest BCUT2D eigenvalue weighted by atomic mass is 16.3. The van der Waals surface area contributed by atoms with E-state index >= 15 is 0 Å². The Morgan fingerprint density at radius 2 is 0.808 bits per heavy atom. The van der Waals surface area contributed by atoms with E-state index in [0.29, 0.717) is 12.8 Å². The van der Waals surface area contributed by atoms with Gasteiger partial charge in [0, 0.05) is 6.42 Å². The molecule has 1 amide bonds. The molecular weight excluding hydrogens is 643 g/mol. The second kappa shape index (κ2) is 42.6. The number of aliphatic hydroxyl groups excluding tert-OH is 3. The number of hydrogen-bond acceptors (Lipinski definition) is 4. The van der Waals surface area contributed by atoms with Crippen molar-refractivity contribution in [1.82, 2.24) is 5.32 Å². The van der Waals surface area contributed by atoms with Crippen LogP contribution in [0.15, 0.2) is 24.3 Å². The Morgan fingerprint density at radius 3 is 1.17 bits per heavy atom. The van der Waals surface area contributed by atoms with E-state index in [0.717, 1.165) is 51.4 Å². The van der Waals surface area contributed by atoms with Crippen molar-refractivity contribution < 1.29 is 20.1 Å². The molecule has 3 atom stereocenters. The van der Waals surface area contributed by atoms with Crippen LogP contribution < -0.4 is 5.32 Å². The van der Waals surface area contributed by atoms with Crippen molar-refractivity contribution in [2.45, 2.75) is 263 Å². The quantitative estimate of drug-likeness (QED) is 0.0371. The molecule has 0 aromatic carbocycles. The van der Waals surface area contributed by atoms with Crippen molar-refractivity contribution in [1.29, 1.82) is 0 Å². The smallest absolute Gasteiger partial charge is 0.220 e. The van der Waals surface area contributed by atoms with Gasteiger partial charge in [0.05, 0.1) is 18.8 Å². The van der Waals surface area contributed by atoms with Crippen LogP contribution in [0.3, 0.4) is 0 Å². The molecule has 0 saturated heterocycles. The molecule has 0 aromatic rings. The Kier molecular flexibility index (Phi) is 41.6. The van der Waals surface area contributed by atoms with Gasteiger partial charge in [-0.1, -0.05) is 218 Å². The van der Waals surface area contributed by atoms with Crippen LogP contribution in [0.2, 0.25) is 0 Å². The van der Waals surface area contributed by atoms with Crippen molar-refractivity contribution in [3.63, 3.8) is 0 Å². The molecule has 0 spiro atoms. The summed E-state index contributed by atoms with van der Waals surface area (Å²) in [5.41, 5.74) is 0. The van der Waals surface area contributed by atoms with Crippen LogP contribution in [0.5, 0.6) is 0 Å². The molecule has 0 aliphatic carbocycles. The first-order chi connectivity index (χ1) is 25.6. The van der Waals surface area contributed by atoms with Gasteiger partial charge in [0.2, 0.25) is 5.91 Å². The minimum atomic E-state index is -1.16. The number of carbonyl (C=O) groups excluding carboxylic acids is 1. The molecule has 308 valence electrons. The summed E-state index contributed by atoms with van der Waals surface area (Å²) in [7, 11) is 0. The van der Waals surface area contributed by atoms with E-state index in [1.165, 1.54) is 167 Å². The van der Waals surface area contributed by atoms with E-state index in [1.54, 1.807) is 0 Å². The Balaban J connectivity index is 3.49. The molecule has 0 heterocycles. The third-order valence-electron chi connectivity index (χ3n) is 10.8. The Bertz CT molecular complexity index is 768. The zero-order valence-electron chi connectivity index (χ0n) is 35.0. The van der Waals surface area contributed by atoms with Crippen molar-refractivity contribution in [3.8, 4) is 0 Å². The van der Waals surface area contributed by atoms with E-state index in [4.69, 9.17) is 0 Å². The molecule has 0 aliphatic rings. The fourth-order valence-corrected chi connectivity index (χ4v) is 7.19. The molecule has 0 saturated carbocycles. The highest BCUT2D eigenvalue weighted by molar-refractivity contribution is 5.76. The van der Waals surface area contributed by atoms with Crippen molar-refractivity contribution in [2.75, 3.05) is 6.61 Å². The third kappa shape index (κ3) is 37.2. The fraction of sp³-hybridized carbons (Fsp3) is 0.894. The molecule has 0 bridgehead atoms. The zero-order chi connectivity index (χ0) is 38.0. The SMILES string of the molecule is CCC/C=C/CC/C=C/CCCC(O)C(O)C(CO)NC(=O)CCCCCCCCCCCCCCCCCCCCCCCCCCCCCC. The Labute approximate surface area is 324 Å². The van der Waals surface area contributed by atoms with Crippen LogP contribution in [0, 0.1) is 0 Å². The molecule has 0 aliphatic heterocycles. The lowest BCUT2D eigenvalue weighted by Crippen LogP contribution is -2.50. The average molecular weight is 734 g/mol. The maximum atomic E-state index is 12.4. The summed E-state index contributed by atoms with van der Waals surface area (Å²) in [6, 6.07) is -0.827. The number of unbranched alkanes of at least 4 members (excludes halogenated alkanes) is 30. The summed E-state index contributed by atoms with van der Waals surface area (Å²) in [5.74, 6) is -0.156. The summed E-state index contributed by atoms with van der Waals surface area (Å²) in [4.78, 5) is 12.4. The zero-order valence-corrected chi connectivity index (χ0v) is 35.0. The highest BCUT2D eigenvalue weighted by Crippen LogP contribution is 2.17. The maximum Gasteiger partial charge on any atom is 0.220 e. The molecule has 0 radical (unpaired) electrons. The van der Waals surface area contributed by atoms with Gasteiger partial charge < -0.3 is 20.6 Å². The van der Waals surface area contributed by atoms with Crippen LogP contribution in [-0.4, -0.2) is 46.1 Å². The van der Waals surface area contributed by atoms with E-state index < -0.39 is 18.2 Å². The molecule has 0 fully saturated rings. The minimum absolute atomic E-state index is 0.156. The summed E-state index contributed by atoms with van der Waals surface area (Å²) < 4.78 is 0. The molecule has 0 rings (SSSR count). The van der Waals surface area contributed by atoms with Gasteiger partial charge in [-0.15, -0.1) is 0 Å². The molecule has 3 unspecified atom stereocenters. The molecule has 5 heteroatoms. The lowest BCUT2D eigenvalue weighted by molar-refractivity contribution is -0.124. The number of amides is 1. The topological polar surface area (TPSA) is 89.8 Å². The molecule has 0 aromatic heterocycles. The van der Waals surface area contributed by atoms with Crippen molar-refractivity contribution >= 4 is 5.91 Å². The number of rotatable bonds is 42. The Hall–Kier alpha value is -1.17. The first kappa shape index (κ1) is 50.8. The Morgan fingerprint density at radius 1 is 0.462 bits per heavy atom. The van der Waals surface area contributed by atoms with Crippen LogP contribution in [0.25, 0.3) is 0 Å². The van der Waals surface area contributed by atoms with E-state index in [2.05, 4.69) is 43.5 Å². The third-order valence-corrected chi connectivity index (χ3v) is 10.8. The normalized spacial score (nSPS) is 13.7. The average Bonchev–Trinajstić information content (AvgIpc) is 3.15. The maximum absolute atomic E-state index is 12.4. The number of nitrogens with one attached hydrogen (secondary N) is 1. The highest BCUT2D eigenvalue weighted by Gasteiger charge is 2.26. The molecule has 4 N–H and O–H groups in total. The van der Waals surface area contributed by atoms with Gasteiger partial charge >= 0.3 is 0 Å². The van der Waals surface area contributed by atoms with E-state index in [-0.39, 0.29) is 12.5 Å². The predicted molar refractivity (Wildman–Crippen MR) is 227 cm³/mol. The van der Waals surface area contributed by atoms with Crippen LogP contribution in [0.4, 0.5) is 0 Å². The van der Waals surface area contributed by atoms with Gasteiger partial charge in [-0.25, -0.2) is 0 Å². The summed E-state index contributed by atoms with van der Waals surface area (Å²) in [6.45, 7) is 4.09. The number of aliphatic hydroxyl groups is 3. The van der Waals surface area contributed by atoms with Gasteiger partial charge in [-0.05, 0) is 44.9 Å². The number of allylic oxidation sites excluding steroid dienone is 4. The van der Waals surface area contributed by atoms with E-state index in [1.807, 2.05) is 0 Å². The first-order valence-electron chi connectivity index (χ1n) is 23.1. The van der Waals surface area contributed by atoms with Gasteiger partial charge in [0.15, 0.2) is 0 Å². The van der Waals surface area contributed by atoms with E-state index in [9.17, 15) is 20.1 Å². The standard InChI is InChI=1S/C47H91NO4/c1-3-5-7-9-11-13-15-16-17-18-19-20-21-22-23-24-25-26-27-28-29-30-31-32-34-36-38-40-42-46(51)48-44(43-49)47(52)45(50)41-39-37-35-33-14-12-10-8-6-4-2/h8,10,33,35,44-45,47,49-50,52H,3-7,9,11-32,34,36-43H2,1-2H3,(H,48,51)/b10-8+,35-33+. The largest absolute Gasteiger partial charge is 0.394 e. The monoisotopic (exact) mass is 734 g/mol. The van der Waals surface area contributed by atoms with Crippen molar-refractivity contribution in [2.24, 2.45) is 0 Å². The van der Waals surface area contributed by atoms with Gasteiger partial charge in [-0.2, -0.15) is 0 Å². The lowest BCUT2D eigenvalue weighted by Gasteiger charge is -2.26. The second-order valence-corrected chi connectivity index (χ2v) is 16.0. The second-order valence-electron chi connectivity index (χ2n) is 16.0. The molecule has 5 nitrogen and oxygen atoms in total. The summed E-state index contributed by atoms with van der Waals surface area (Å²) >= 11 is 0. The summed E-state index contributed by atoms with van der Waals surface area (Å²) in [6.07, 6.45) is 51.8. The minimum Gasteiger partial charge on any atom is -0.394 e. The van der Waals surface area contributed by atoms with Crippen LogP contribution in [0.1, 0.15) is 245 Å². The fourth-order valence-electron chi connectivity index (χ4n) is 7.19. The molecule has 52 heavy (non-hydrogen) atoms. The van der Waals surface area contributed by atoms with Gasteiger partial charge in [-0.3, -0.25) is 4.79 Å². The van der Waals surface area contributed by atoms with Crippen LogP contribution in [-0.2, 0) is 4.79 Å². The molecular formula is C47H91NO4. The van der Waals surface area contributed by atoms with Crippen molar-refractivity contribution in [3.05, 3.63) is 24.3 Å². The summed E-state index contributed by atoms with van der Waals surface area (Å²) in [5, 5.41) is 33.3. The number of carbonyl (C=O) groups is 1. The number of hydrogen-bond donors (Lipinski definition) is 4. The van der Waals surface area contributed by atoms with Crippen LogP contribution >= 0.6 is 0 Å². The van der Waals surface area contributed by atoms with Gasteiger partial charge in [0.25, 0.3) is 0 Å². The predicted octanol–water partition coefficient (Wildman–Crippen LogP) is 13.4. The first-order valence-corrected chi connectivity index (χ1v) is 23.1. The lowest BCUT2D eigenvalue weighted by atomic mass is 10.0.